The lowest BCUT2D eigenvalue weighted by molar-refractivity contribution is -0.132. The fourth-order valence-electron chi connectivity index (χ4n) is 2.79. The minimum atomic E-state index is -4.25. The second-order valence-corrected chi connectivity index (χ2v) is 8.49. The maximum absolute atomic E-state index is 12.7. The molecule has 2 N–H and O–H groups in total. The van der Waals surface area contributed by atoms with E-state index in [0.29, 0.717) is 44.0 Å². The van der Waals surface area contributed by atoms with Crippen molar-refractivity contribution in [2.24, 2.45) is 4.99 Å². The van der Waals surface area contributed by atoms with Gasteiger partial charge in [0.25, 0.3) is 0 Å². The summed E-state index contributed by atoms with van der Waals surface area (Å²) in [6.45, 7) is 3.57. The molecule has 1 aromatic rings. The Balaban J connectivity index is 2.07. The number of benzene rings is 1. The molecule has 0 aromatic heterocycles. The average molecular weight is 437 g/mol. The fourth-order valence-corrected chi connectivity index (χ4v) is 4.36. The van der Waals surface area contributed by atoms with E-state index in [2.05, 4.69) is 15.6 Å². The molecule has 2 rings (SSSR count). The van der Waals surface area contributed by atoms with Gasteiger partial charge in [-0.3, -0.25) is 0 Å². The van der Waals surface area contributed by atoms with Crippen molar-refractivity contribution in [3.63, 3.8) is 0 Å². The number of guanidine groups is 1. The third-order valence-electron chi connectivity index (χ3n) is 4.27. The first kappa shape index (κ1) is 23.4. The summed E-state index contributed by atoms with van der Waals surface area (Å²) in [5.41, 5.74) is 1.33. The quantitative estimate of drug-likeness (QED) is 0.480. The molecule has 0 unspecified atom stereocenters. The Bertz CT molecular complexity index is 779. The van der Waals surface area contributed by atoms with Gasteiger partial charge in [-0.1, -0.05) is 24.3 Å². The van der Waals surface area contributed by atoms with Gasteiger partial charge in [0.2, 0.25) is 10.0 Å². The number of morpholine rings is 1. The van der Waals surface area contributed by atoms with Crippen molar-refractivity contribution in [1.82, 2.24) is 14.9 Å². The Labute approximate surface area is 169 Å². The Morgan fingerprint density at radius 1 is 1.17 bits per heavy atom. The zero-order valence-corrected chi connectivity index (χ0v) is 17.2. The van der Waals surface area contributed by atoms with Crippen molar-refractivity contribution >= 4 is 16.0 Å². The molecule has 1 aromatic carbocycles. The zero-order chi connectivity index (χ0) is 21.3. The van der Waals surface area contributed by atoms with Crippen LogP contribution in [0.3, 0.4) is 0 Å². The standard InChI is InChI=1S/C18H27F3N4O3S/c1-2-22-17(23-8-7-18(19,20)21)24-13-15-5-3-4-6-16(15)14-29(26,27)25-9-11-28-12-10-25/h3-6H,2,7-14H2,1H3,(H2,22,23,24). The second kappa shape index (κ2) is 10.8. The molecule has 0 bridgehead atoms. The van der Waals surface area contributed by atoms with Crippen LogP contribution in [0.4, 0.5) is 13.2 Å². The molecule has 0 radical (unpaired) electrons. The summed E-state index contributed by atoms with van der Waals surface area (Å²) in [6.07, 6.45) is -5.21. The van der Waals surface area contributed by atoms with Gasteiger partial charge in [0.05, 0.1) is 31.9 Å². The Hall–Kier alpha value is -1.85. The maximum atomic E-state index is 12.7. The molecular formula is C18H27F3N4O3S. The van der Waals surface area contributed by atoms with Crippen LogP contribution in [0.25, 0.3) is 0 Å². The minimum absolute atomic E-state index is 0.149. The highest BCUT2D eigenvalue weighted by Gasteiger charge is 2.27. The van der Waals surface area contributed by atoms with E-state index in [9.17, 15) is 21.6 Å². The third kappa shape index (κ3) is 8.19. The van der Waals surface area contributed by atoms with Gasteiger partial charge < -0.3 is 15.4 Å². The number of ether oxygens (including phenoxy) is 1. The molecule has 29 heavy (non-hydrogen) atoms. The van der Waals surface area contributed by atoms with Gasteiger partial charge in [-0.2, -0.15) is 17.5 Å². The Kier molecular flexibility index (Phi) is 8.72. The Morgan fingerprint density at radius 3 is 2.45 bits per heavy atom. The van der Waals surface area contributed by atoms with E-state index >= 15 is 0 Å². The topological polar surface area (TPSA) is 83.0 Å². The number of halogens is 3. The molecule has 1 saturated heterocycles. The summed E-state index contributed by atoms with van der Waals surface area (Å²) in [5, 5.41) is 5.54. The number of nitrogens with zero attached hydrogens (tertiary/aromatic N) is 2. The van der Waals surface area contributed by atoms with Crippen molar-refractivity contribution in [3.8, 4) is 0 Å². The first-order valence-electron chi connectivity index (χ1n) is 9.42. The van der Waals surface area contributed by atoms with E-state index < -0.39 is 22.6 Å². The molecule has 11 heteroatoms. The number of rotatable bonds is 8. The molecule has 0 atom stereocenters. The van der Waals surface area contributed by atoms with Gasteiger partial charge in [0, 0.05) is 26.2 Å². The van der Waals surface area contributed by atoms with Gasteiger partial charge in [0.15, 0.2) is 5.96 Å². The summed E-state index contributed by atoms with van der Waals surface area (Å²) < 4.78 is 69.0. The maximum Gasteiger partial charge on any atom is 0.390 e. The lowest BCUT2D eigenvalue weighted by Gasteiger charge is -2.26. The predicted molar refractivity (Wildman–Crippen MR) is 105 cm³/mol. The van der Waals surface area contributed by atoms with Crippen LogP contribution in [-0.2, 0) is 27.1 Å². The summed E-state index contributed by atoms with van der Waals surface area (Å²) in [7, 11) is -3.49. The SMILES string of the molecule is CCNC(=NCc1ccccc1CS(=O)(=O)N1CCOCC1)NCCC(F)(F)F. The number of aliphatic imine (C=N–C) groups is 1. The van der Waals surface area contributed by atoms with Crippen molar-refractivity contribution < 1.29 is 26.3 Å². The van der Waals surface area contributed by atoms with Crippen LogP contribution in [0.5, 0.6) is 0 Å². The van der Waals surface area contributed by atoms with Crippen LogP contribution in [0.15, 0.2) is 29.3 Å². The van der Waals surface area contributed by atoms with E-state index in [0.717, 1.165) is 0 Å². The third-order valence-corrected chi connectivity index (χ3v) is 6.10. The van der Waals surface area contributed by atoms with Gasteiger partial charge in [-0.15, -0.1) is 0 Å². The van der Waals surface area contributed by atoms with Gasteiger partial charge in [0.1, 0.15) is 0 Å². The zero-order valence-electron chi connectivity index (χ0n) is 16.3. The molecule has 1 aliphatic heterocycles. The fraction of sp³-hybridized carbons (Fsp3) is 0.611. The number of hydrogen-bond donors (Lipinski definition) is 2. The predicted octanol–water partition coefficient (Wildman–Crippen LogP) is 1.86. The largest absolute Gasteiger partial charge is 0.390 e. The first-order chi connectivity index (χ1) is 13.7. The highest BCUT2D eigenvalue weighted by Crippen LogP contribution is 2.19. The molecule has 0 spiro atoms. The molecular weight excluding hydrogens is 409 g/mol. The number of alkyl halides is 3. The minimum Gasteiger partial charge on any atom is -0.379 e. The van der Waals surface area contributed by atoms with E-state index in [4.69, 9.17) is 4.74 Å². The van der Waals surface area contributed by atoms with Gasteiger partial charge in [-0.25, -0.2) is 13.4 Å². The van der Waals surface area contributed by atoms with Crippen molar-refractivity contribution in [1.29, 1.82) is 0 Å². The normalized spacial score (nSPS) is 16.6. The van der Waals surface area contributed by atoms with E-state index in [1.807, 2.05) is 6.92 Å². The molecule has 0 saturated carbocycles. The monoisotopic (exact) mass is 436 g/mol. The molecule has 0 aliphatic carbocycles. The molecule has 1 heterocycles. The molecule has 0 amide bonds. The molecule has 1 aliphatic rings. The van der Waals surface area contributed by atoms with Crippen LogP contribution in [0, 0.1) is 0 Å². The Morgan fingerprint density at radius 2 is 1.83 bits per heavy atom. The van der Waals surface area contributed by atoms with Crippen LogP contribution in [0.1, 0.15) is 24.5 Å². The smallest absolute Gasteiger partial charge is 0.379 e. The van der Waals surface area contributed by atoms with Gasteiger partial charge in [-0.05, 0) is 18.1 Å². The highest BCUT2D eigenvalue weighted by molar-refractivity contribution is 7.88. The average Bonchev–Trinajstić information content (AvgIpc) is 2.66. The summed E-state index contributed by atoms with van der Waals surface area (Å²) >= 11 is 0. The van der Waals surface area contributed by atoms with Crippen LogP contribution < -0.4 is 10.6 Å². The lowest BCUT2D eigenvalue weighted by atomic mass is 10.1. The summed E-state index contributed by atoms with van der Waals surface area (Å²) in [4.78, 5) is 4.31. The number of sulfonamides is 1. The van der Waals surface area contributed by atoms with Crippen molar-refractivity contribution in [2.45, 2.75) is 31.8 Å². The van der Waals surface area contributed by atoms with Gasteiger partial charge >= 0.3 is 6.18 Å². The van der Waals surface area contributed by atoms with Crippen molar-refractivity contribution in [2.75, 3.05) is 39.4 Å². The van der Waals surface area contributed by atoms with Crippen molar-refractivity contribution in [3.05, 3.63) is 35.4 Å². The van der Waals surface area contributed by atoms with E-state index in [-0.39, 0.29) is 24.8 Å². The lowest BCUT2D eigenvalue weighted by Crippen LogP contribution is -2.41. The molecule has 164 valence electrons. The number of nitrogens with one attached hydrogen (secondary N) is 2. The second-order valence-electron chi connectivity index (χ2n) is 6.52. The summed E-state index contributed by atoms with van der Waals surface area (Å²) in [5.74, 6) is 0.0964. The van der Waals surface area contributed by atoms with Crippen LogP contribution in [-0.4, -0.2) is 64.3 Å². The summed E-state index contributed by atoms with van der Waals surface area (Å²) in [6, 6.07) is 7.03. The highest BCUT2D eigenvalue weighted by atomic mass is 32.2. The first-order valence-corrected chi connectivity index (χ1v) is 11.0. The molecule has 7 nitrogen and oxygen atoms in total. The molecule has 1 fully saturated rings. The van der Waals surface area contributed by atoms with Crippen LogP contribution >= 0.6 is 0 Å². The van der Waals surface area contributed by atoms with Crippen LogP contribution in [0.2, 0.25) is 0 Å². The van der Waals surface area contributed by atoms with E-state index in [1.54, 1.807) is 24.3 Å². The number of hydrogen-bond acceptors (Lipinski definition) is 4. The van der Waals surface area contributed by atoms with E-state index in [1.165, 1.54) is 4.31 Å².